The van der Waals surface area contributed by atoms with E-state index in [0.717, 1.165) is 22.4 Å². The number of hydrogen-bond donors (Lipinski definition) is 2. The van der Waals surface area contributed by atoms with E-state index in [9.17, 15) is 9.59 Å². The van der Waals surface area contributed by atoms with Crippen LogP contribution in [0.3, 0.4) is 0 Å². The Kier molecular flexibility index (Phi) is 5.81. The molecule has 2 aromatic rings. The Morgan fingerprint density at radius 1 is 1.35 bits per heavy atom. The fourth-order valence-electron chi connectivity index (χ4n) is 1.97. The Labute approximate surface area is 138 Å². The van der Waals surface area contributed by atoms with Crippen LogP contribution in [0.4, 0.5) is 0 Å². The molecular formula is C16H19N3O3S. The van der Waals surface area contributed by atoms with Crippen LogP contribution in [0.25, 0.3) is 0 Å². The minimum Gasteiger partial charge on any atom is -0.497 e. The monoisotopic (exact) mass is 333 g/mol. The highest BCUT2D eigenvalue weighted by atomic mass is 32.2. The number of ether oxygens (including phenoxy) is 1. The molecule has 2 rings (SSSR count). The number of aromatic nitrogens is 2. The lowest BCUT2D eigenvalue weighted by molar-refractivity contribution is -0.118. The van der Waals surface area contributed by atoms with Gasteiger partial charge in [0.15, 0.2) is 0 Å². The molecule has 1 amide bonds. The van der Waals surface area contributed by atoms with E-state index in [4.69, 9.17) is 4.74 Å². The third kappa shape index (κ3) is 4.85. The van der Waals surface area contributed by atoms with Gasteiger partial charge in [0.05, 0.1) is 17.9 Å². The summed E-state index contributed by atoms with van der Waals surface area (Å²) in [5.74, 6) is 0.934. The summed E-state index contributed by atoms with van der Waals surface area (Å²) in [4.78, 5) is 29.4. The van der Waals surface area contributed by atoms with Gasteiger partial charge in [-0.15, -0.1) is 0 Å². The van der Waals surface area contributed by atoms with Crippen molar-refractivity contribution in [1.82, 2.24) is 15.3 Å². The summed E-state index contributed by atoms with van der Waals surface area (Å²) >= 11 is 1.29. The van der Waals surface area contributed by atoms with Crippen molar-refractivity contribution >= 4 is 17.7 Å². The minimum absolute atomic E-state index is 0.0951. The number of aromatic amines is 1. The summed E-state index contributed by atoms with van der Waals surface area (Å²) in [5, 5.41) is 3.54. The lowest BCUT2D eigenvalue weighted by Gasteiger charge is -2.10. The van der Waals surface area contributed by atoms with Gasteiger partial charge in [-0.1, -0.05) is 17.8 Å². The molecule has 0 aliphatic heterocycles. The zero-order valence-corrected chi connectivity index (χ0v) is 14.1. The maximum atomic E-state index is 12.0. The van der Waals surface area contributed by atoms with E-state index in [1.165, 1.54) is 18.0 Å². The molecule has 0 aliphatic carbocycles. The number of carbonyl (C=O) groups excluding carboxylic acids is 1. The van der Waals surface area contributed by atoms with Crippen LogP contribution in [-0.4, -0.2) is 28.7 Å². The van der Waals surface area contributed by atoms with Gasteiger partial charge in [-0.2, -0.15) is 0 Å². The van der Waals surface area contributed by atoms with Gasteiger partial charge in [0.1, 0.15) is 5.75 Å². The van der Waals surface area contributed by atoms with Crippen molar-refractivity contribution in [3.05, 3.63) is 51.6 Å². The van der Waals surface area contributed by atoms with Crippen LogP contribution in [0, 0.1) is 13.8 Å². The first-order valence-electron chi connectivity index (χ1n) is 7.08. The number of rotatable bonds is 6. The molecule has 0 radical (unpaired) electrons. The first-order valence-corrected chi connectivity index (χ1v) is 8.07. The largest absolute Gasteiger partial charge is 0.497 e. The van der Waals surface area contributed by atoms with Crippen LogP contribution >= 0.6 is 11.8 Å². The summed E-state index contributed by atoms with van der Waals surface area (Å²) in [6, 6.07) is 5.74. The average molecular weight is 333 g/mol. The van der Waals surface area contributed by atoms with E-state index in [1.54, 1.807) is 7.11 Å². The van der Waals surface area contributed by atoms with E-state index in [1.807, 2.05) is 32.0 Å². The molecule has 0 atom stereocenters. The number of carbonyl (C=O) groups is 1. The third-order valence-electron chi connectivity index (χ3n) is 3.33. The van der Waals surface area contributed by atoms with Crippen molar-refractivity contribution < 1.29 is 9.53 Å². The summed E-state index contributed by atoms with van der Waals surface area (Å²) in [7, 11) is 1.62. The molecule has 6 nitrogen and oxygen atoms in total. The lowest BCUT2D eigenvalue weighted by atomic mass is 10.1. The summed E-state index contributed by atoms with van der Waals surface area (Å²) in [6.45, 7) is 4.27. The molecule has 7 heteroatoms. The molecule has 23 heavy (non-hydrogen) atoms. The minimum atomic E-state index is -0.410. The third-order valence-corrected chi connectivity index (χ3v) is 4.45. The molecule has 2 N–H and O–H groups in total. The van der Waals surface area contributed by atoms with Crippen LogP contribution in [0.1, 0.15) is 16.7 Å². The number of benzene rings is 1. The number of aryl methyl sites for hydroxylation is 2. The quantitative estimate of drug-likeness (QED) is 0.622. The zero-order valence-electron chi connectivity index (χ0n) is 13.3. The van der Waals surface area contributed by atoms with Crippen molar-refractivity contribution in [3.63, 3.8) is 0 Å². The van der Waals surface area contributed by atoms with E-state index >= 15 is 0 Å². The molecular weight excluding hydrogens is 314 g/mol. The van der Waals surface area contributed by atoms with Gasteiger partial charge < -0.3 is 15.0 Å². The number of H-pyrrole nitrogens is 1. The molecule has 0 unspecified atom stereocenters. The van der Waals surface area contributed by atoms with Crippen LogP contribution in [0.5, 0.6) is 5.75 Å². The number of thioether (sulfide) groups is 1. The summed E-state index contributed by atoms with van der Waals surface area (Å²) in [5.41, 5.74) is 2.53. The molecule has 122 valence electrons. The number of nitrogens with one attached hydrogen (secondary N) is 2. The second kappa shape index (κ2) is 7.82. The Bertz CT molecular complexity index is 758. The number of nitrogens with zero attached hydrogens (tertiary/aromatic N) is 1. The molecule has 0 aliphatic rings. The predicted octanol–water partition coefficient (Wildman–Crippen LogP) is 1.80. The van der Waals surface area contributed by atoms with Crippen molar-refractivity contribution in [2.24, 2.45) is 0 Å². The Morgan fingerprint density at radius 3 is 2.83 bits per heavy atom. The lowest BCUT2D eigenvalue weighted by Crippen LogP contribution is -2.25. The van der Waals surface area contributed by atoms with Crippen LogP contribution < -0.4 is 15.7 Å². The maximum absolute atomic E-state index is 12.0. The van der Waals surface area contributed by atoms with Gasteiger partial charge in [-0.05, 0) is 42.7 Å². The normalized spacial score (nSPS) is 10.4. The van der Waals surface area contributed by atoms with E-state index < -0.39 is 5.69 Å². The van der Waals surface area contributed by atoms with Crippen LogP contribution in [0.15, 0.2) is 34.2 Å². The molecule has 0 spiro atoms. The van der Waals surface area contributed by atoms with Gasteiger partial charge in [0.2, 0.25) is 5.91 Å². The summed E-state index contributed by atoms with van der Waals surface area (Å²) < 4.78 is 5.16. The van der Waals surface area contributed by atoms with E-state index in [2.05, 4.69) is 15.3 Å². The highest BCUT2D eigenvalue weighted by molar-refractivity contribution is 7.99. The standard InChI is InChI=1S/C16H19N3O3S/c1-10-6-13(22-3)5-4-12(10)8-17-14(20)9-23-15-11(2)7-18-16(21)19-15/h4-7H,8-9H2,1-3H3,(H,17,20)(H,18,19,21). The second-order valence-corrected chi connectivity index (χ2v) is 6.04. The number of methoxy groups -OCH3 is 1. The highest BCUT2D eigenvalue weighted by Crippen LogP contribution is 2.18. The zero-order chi connectivity index (χ0) is 16.8. The first kappa shape index (κ1) is 17.1. The topological polar surface area (TPSA) is 84.1 Å². The molecule has 0 saturated carbocycles. The van der Waals surface area contributed by atoms with E-state index in [-0.39, 0.29) is 11.7 Å². The number of hydrogen-bond acceptors (Lipinski definition) is 5. The van der Waals surface area contributed by atoms with E-state index in [0.29, 0.717) is 11.6 Å². The first-order chi connectivity index (χ1) is 11.0. The smallest absolute Gasteiger partial charge is 0.345 e. The maximum Gasteiger partial charge on any atom is 0.345 e. The van der Waals surface area contributed by atoms with Crippen molar-refractivity contribution in [2.45, 2.75) is 25.4 Å². The molecule has 1 heterocycles. The van der Waals surface area contributed by atoms with Crippen molar-refractivity contribution in [2.75, 3.05) is 12.9 Å². The SMILES string of the molecule is COc1ccc(CNC(=O)CSc2[nH]c(=O)ncc2C)c(C)c1. The van der Waals surface area contributed by atoms with Crippen molar-refractivity contribution in [1.29, 1.82) is 0 Å². The van der Waals surface area contributed by atoms with Crippen LogP contribution in [0.2, 0.25) is 0 Å². The Balaban J connectivity index is 1.88. The van der Waals surface area contributed by atoms with Gasteiger partial charge in [-0.3, -0.25) is 4.79 Å². The van der Waals surface area contributed by atoms with Crippen molar-refractivity contribution in [3.8, 4) is 5.75 Å². The molecule has 0 fully saturated rings. The average Bonchev–Trinajstić information content (AvgIpc) is 2.54. The van der Waals surface area contributed by atoms with Gasteiger partial charge >= 0.3 is 5.69 Å². The fourth-order valence-corrected chi connectivity index (χ4v) is 2.79. The molecule has 1 aromatic carbocycles. The molecule has 0 saturated heterocycles. The van der Waals surface area contributed by atoms with Gasteiger partial charge in [0, 0.05) is 12.7 Å². The Morgan fingerprint density at radius 2 is 2.13 bits per heavy atom. The van der Waals surface area contributed by atoms with Gasteiger partial charge in [0.25, 0.3) is 0 Å². The van der Waals surface area contributed by atoms with Crippen LogP contribution in [-0.2, 0) is 11.3 Å². The fraction of sp³-hybridized carbons (Fsp3) is 0.312. The highest BCUT2D eigenvalue weighted by Gasteiger charge is 2.07. The summed E-state index contributed by atoms with van der Waals surface area (Å²) in [6.07, 6.45) is 1.50. The Hall–Kier alpha value is -2.28. The predicted molar refractivity (Wildman–Crippen MR) is 89.9 cm³/mol. The van der Waals surface area contributed by atoms with Gasteiger partial charge in [-0.25, -0.2) is 9.78 Å². The number of amides is 1. The second-order valence-electron chi connectivity index (χ2n) is 5.06. The molecule has 1 aromatic heterocycles. The molecule has 0 bridgehead atoms.